The summed E-state index contributed by atoms with van der Waals surface area (Å²) >= 11 is 0. The third-order valence-electron chi connectivity index (χ3n) is 3.06. The number of methoxy groups -OCH3 is 1. The van der Waals surface area contributed by atoms with Gasteiger partial charge in [0.1, 0.15) is 5.82 Å². The number of hydrogen-bond acceptors (Lipinski definition) is 4. The standard InChI is InChI=1S/C13H20N2O2/c1-16-10-11-17-12-5-8-15(9-6-12)13-4-2-3-7-14-13/h2-4,7,12H,5-6,8-11H2,1H3. The highest BCUT2D eigenvalue weighted by atomic mass is 16.5. The Labute approximate surface area is 103 Å². The van der Waals surface area contributed by atoms with Crippen molar-refractivity contribution in [3.8, 4) is 0 Å². The molecule has 0 atom stereocenters. The van der Waals surface area contributed by atoms with Gasteiger partial charge in [0.05, 0.1) is 19.3 Å². The Hall–Kier alpha value is -1.13. The van der Waals surface area contributed by atoms with Gasteiger partial charge in [-0.2, -0.15) is 0 Å². The Balaban J connectivity index is 1.74. The van der Waals surface area contributed by atoms with Gasteiger partial charge in [0.15, 0.2) is 0 Å². The van der Waals surface area contributed by atoms with Crippen molar-refractivity contribution in [3.05, 3.63) is 24.4 Å². The number of ether oxygens (including phenoxy) is 2. The van der Waals surface area contributed by atoms with E-state index in [9.17, 15) is 0 Å². The van der Waals surface area contributed by atoms with Gasteiger partial charge in [-0.3, -0.25) is 0 Å². The van der Waals surface area contributed by atoms with Crippen LogP contribution in [0.25, 0.3) is 0 Å². The molecule has 1 aliphatic heterocycles. The summed E-state index contributed by atoms with van der Waals surface area (Å²) in [5.74, 6) is 1.07. The first-order chi connectivity index (χ1) is 8.40. The van der Waals surface area contributed by atoms with Crippen LogP contribution in [0.2, 0.25) is 0 Å². The predicted octanol–water partition coefficient (Wildman–Crippen LogP) is 1.71. The first kappa shape index (κ1) is 12.3. The quantitative estimate of drug-likeness (QED) is 0.729. The van der Waals surface area contributed by atoms with Gasteiger partial charge in [0.25, 0.3) is 0 Å². The molecule has 0 unspecified atom stereocenters. The largest absolute Gasteiger partial charge is 0.382 e. The average molecular weight is 236 g/mol. The molecule has 0 N–H and O–H groups in total. The Morgan fingerprint density at radius 1 is 1.29 bits per heavy atom. The van der Waals surface area contributed by atoms with Crippen molar-refractivity contribution in [3.63, 3.8) is 0 Å². The number of piperidine rings is 1. The highest BCUT2D eigenvalue weighted by Crippen LogP contribution is 2.18. The summed E-state index contributed by atoms with van der Waals surface area (Å²) in [6, 6.07) is 6.04. The van der Waals surface area contributed by atoms with E-state index in [2.05, 4.69) is 16.0 Å². The van der Waals surface area contributed by atoms with E-state index in [4.69, 9.17) is 9.47 Å². The zero-order valence-corrected chi connectivity index (χ0v) is 10.3. The lowest BCUT2D eigenvalue weighted by atomic mass is 10.1. The molecule has 0 bridgehead atoms. The minimum Gasteiger partial charge on any atom is -0.382 e. The van der Waals surface area contributed by atoms with Crippen molar-refractivity contribution in [1.29, 1.82) is 0 Å². The summed E-state index contributed by atoms with van der Waals surface area (Å²) in [6.45, 7) is 3.43. The summed E-state index contributed by atoms with van der Waals surface area (Å²) in [5, 5.41) is 0. The number of anilines is 1. The van der Waals surface area contributed by atoms with Crippen LogP contribution in [-0.4, -0.2) is 44.5 Å². The van der Waals surface area contributed by atoms with E-state index in [0.29, 0.717) is 19.3 Å². The topological polar surface area (TPSA) is 34.6 Å². The van der Waals surface area contributed by atoms with Crippen LogP contribution in [0, 0.1) is 0 Å². The fourth-order valence-corrected chi connectivity index (χ4v) is 2.09. The second-order valence-corrected chi connectivity index (χ2v) is 4.24. The normalized spacial score (nSPS) is 17.4. The minimum atomic E-state index is 0.380. The Morgan fingerprint density at radius 3 is 2.76 bits per heavy atom. The van der Waals surface area contributed by atoms with Gasteiger partial charge >= 0.3 is 0 Å². The van der Waals surface area contributed by atoms with E-state index >= 15 is 0 Å². The van der Waals surface area contributed by atoms with Crippen molar-refractivity contribution in [2.75, 3.05) is 38.3 Å². The fourth-order valence-electron chi connectivity index (χ4n) is 2.09. The van der Waals surface area contributed by atoms with E-state index in [1.165, 1.54) is 0 Å². The van der Waals surface area contributed by atoms with Crippen molar-refractivity contribution in [1.82, 2.24) is 4.98 Å². The molecule has 2 rings (SSSR count). The molecule has 94 valence electrons. The van der Waals surface area contributed by atoms with Crippen LogP contribution in [0.4, 0.5) is 5.82 Å². The number of rotatable bonds is 5. The monoisotopic (exact) mass is 236 g/mol. The van der Waals surface area contributed by atoms with Crippen LogP contribution >= 0.6 is 0 Å². The second kappa shape index (κ2) is 6.57. The van der Waals surface area contributed by atoms with Crippen LogP contribution in [0.5, 0.6) is 0 Å². The second-order valence-electron chi connectivity index (χ2n) is 4.24. The van der Waals surface area contributed by atoms with Crippen LogP contribution in [0.1, 0.15) is 12.8 Å². The van der Waals surface area contributed by atoms with Crippen molar-refractivity contribution in [2.24, 2.45) is 0 Å². The van der Waals surface area contributed by atoms with Crippen LogP contribution in [0.15, 0.2) is 24.4 Å². The predicted molar refractivity (Wildman–Crippen MR) is 67.3 cm³/mol. The molecule has 1 fully saturated rings. The maximum Gasteiger partial charge on any atom is 0.128 e. The molecule has 4 nitrogen and oxygen atoms in total. The van der Waals surface area contributed by atoms with Gasteiger partial charge in [-0.15, -0.1) is 0 Å². The molecule has 1 aliphatic rings. The number of pyridine rings is 1. The Kier molecular flexibility index (Phi) is 4.76. The smallest absolute Gasteiger partial charge is 0.128 e. The zero-order valence-electron chi connectivity index (χ0n) is 10.3. The van der Waals surface area contributed by atoms with Crippen molar-refractivity contribution in [2.45, 2.75) is 18.9 Å². The summed E-state index contributed by atoms with van der Waals surface area (Å²) in [5.41, 5.74) is 0. The Morgan fingerprint density at radius 2 is 2.12 bits per heavy atom. The van der Waals surface area contributed by atoms with Gasteiger partial charge in [0, 0.05) is 26.4 Å². The minimum absolute atomic E-state index is 0.380. The molecule has 0 aliphatic carbocycles. The molecule has 17 heavy (non-hydrogen) atoms. The van der Waals surface area contributed by atoms with E-state index in [-0.39, 0.29) is 0 Å². The summed E-state index contributed by atoms with van der Waals surface area (Å²) in [6.07, 6.45) is 4.36. The van der Waals surface area contributed by atoms with Crippen LogP contribution in [0.3, 0.4) is 0 Å². The lowest BCUT2D eigenvalue weighted by molar-refractivity contribution is 0.00604. The lowest BCUT2D eigenvalue weighted by Gasteiger charge is -2.32. The molecule has 1 aromatic rings. The highest BCUT2D eigenvalue weighted by molar-refractivity contribution is 5.37. The maximum absolute atomic E-state index is 5.74. The van der Waals surface area contributed by atoms with E-state index in [1.54, 1.807) is 7.11 Å². The SMILES string of the molecule is COCCOC1CCN(c2ccccn2)CC1. The van der Waals surface area contributed by atoms with Gasteiger partial charge in [0.2, 0.25) is 0 Å². The summed E-state index contributed by atoms with van der Waals surface area (Å²) < 4.78 is 10.7. The molecule has 0 saturated carbocycles. The molecule has 1 aromatic heterocycles. The summed E-state index contributed by atoms with van der Waals surface area (Å²) in [7, 11) is 1.70. The molecule has 0 radical (unpaired) electrons. The lowest BCUT2D eigenvalue weighted by Crippen LogP contribution is -2.37. The third kappa shape index (κ3) is 3.68. The molecule has 0 amide bonds. The molecule has 4 heteroatoms. The fraction of sp³-hybridized carbons (Fsp3) is 0.615. The summed E-state index contributed by atoms with van der Waals surface area (Å²) in [4.78, 5) is 6.68. The van der Waals surface area contributed by atoms with Gasteiger partial charge < -0.3 is 14.4 Å². The Bertz CT molecular complexity index is 310. The molecule has 1 saturated heterocycles. The number of nitrogens with zero attached hydrogens (tertiary/aromatic N) is 2. The van der Waals surface area contributed by atoms with Gasteiger partial charge in [-0.1, -0.05) is 6.07 Å². The average Bonchev–Trinajstić information content (AvgIpc) is 2.41. The van der Waals surface area contributed by atoms with Crippen molar-refractivity contribution < 1.29 is 9.47 Å². The molecular weight excluding hydrogens is 216 g/mol. The zero-order chi connectivity index (χ0) is 11.9. The first-order valence-electron chi connectivity index (χ1n) is 6.16. The number of aromatic nitrogens is 1. The van der Waals surface area contributed by atoms with Gasteiger partial charge in [-0.05, 0) is 25.0 Å². The molecule has 0 spiro atoms. The molecule has 2 heterocycles. The van der Waals surface area contributed by atoms with Gasteiger partial charge in [-0.25, -0.2) is 4.98 Å². The van der Waals surface area contributed by atoms with Crippen molar-refractivity contribution >= 4 is 5.82 Å². The van der Waals surface area contributed by atoms with E-state index in [1.807, 2.05) is 18.3 Å². The van der Waals surface area contributed by atoms with E-state index in [0.717, 1.165) is 31.7 Å². The van der Waals surface area contributed by atoms with E-state index < -0.39 is 0 Å². The third-order valence-corrected chi connectivity index (χ3v) is 3.06. The molecular formula is C13H20N2O2. The van der Waals surface area contributed by atoms with Crippen LogP contribution < -0.4 is 4.90 Å². The number of hydrogen-bond donors (Lipinski definition) is 0. The maximum atomic E-state index is 5.74. The highest BCUT2D eigenvalue weighted by Gasteiger charge is 2.20. The molecule has 0 aromatic carbocycles. The van der Waals surface area contributed by atoms with Crippen LogP contribution in [-0.2, 0) is 9.47 Å². The first-order valence-corrected chi connectivity index (χ1v) is 6.16.